The van der Waals surface area contributed by atoms with Crippen molar-refractivity contribution < 1.29 is 9.46 Å². The minimum absolute atomic E-state index is 1.27. The lowest BCUT2D eigenvalue weighted by atomic mass is 10.8. The molecule has 0 fully saturated rings. The second-order valence-corrected chi connectivity index (χ2v) is 1.56. The lowest BCUT2D eigenvalue weighted by Gasteiger charge is -1.60. The lowest BCUT2D eigenvalue weighted by Crippen LogP contribution is -1.40. The van der Waals surface area contributed by atoms with Crippen LogP contribution in [0.4, 0.5) is 0 Å². The standard InChI is InChI=1S/BH4O2P/c1-4(2)3/h4H,1H2,(H,2,3). The van der Waals surface area contributed by atoms with Gasteiger partial charge in [0.15, 0.2) is 0 Å². The van der Waals surface area contributed by atoms with Gasteiger partial charge in [-0.2, -0.15) is 0 Å². The van der Waals surface area contributed by atoms with E-state index in [2.05, 4.69) is 0 Å². The molecule has 0 spiro atoms. The maximum Gasteiger partial charge on any atom is 0.212 e. The minimum Gasteiger partial charge on any atom is -0.354 e. The summed E-state index contributed by atoms with van der Waals surface area (Å²) in [4.78, 5) is 7.60. The molecule has 0 aliphatic carbocycles. The summed E-state index contributed by atoms with van der Waals surface area (Å²) in [7, 11) is -0.861. The van der Waals surface area contributed by atoms with Gasteiger partial charge in [0.2, 0.25) is 7.57 Å². The van der Waals surface area contributed by atoms with Crippen LogP contribution in [0.1, 0.15) is 0 Å². The van der Waals surface area contributed by atoms with E-state index in [0.717, 1.165) is 0 Å². The Morgan fingerprint density at radius 3 is 2.00 bits per heavy atom. The number of rotatable bonds is 0. The highest BCUT2D eigenvalue weighted by atomic mass is 31.1. The van der Waals surface area contributed by atoms with Crippen molar-refractivity contribution in [1.82, 2.24) is 0 Å². The summed E-state index contributed by atoms with van der Waals surface area (Å²) >= 11 is 0. The van der Waals surface area contributed by atoms with Crippen LogP contribution in [-0.2, 0) is 4.57 Å². The van der Waals surface area contributed by atoms with Gasteiger partial charge < -0.3 is 9.46 Å². The second-order valence-electron chi connectivity index (χ2n) is 0.519. The maximum absolute atomic E-state index is 9.19. The van der Waals surface area contributed by atoms with Crippen molar-refractivity contribution in [3.8, 4) is 0 Å². The Morgan fingerprint density at radius 2 is 2.00 bits per heavy atom. The van der Waals surface area contributed by atoms with Gasteiger partial charge in [-0.3, -0.25) is 0 Å². The van der Waals surface area contributed by atoms with E-state index in [1.54, 1.807) is 0 Å². The summed E-state index contributed by atoms with van der Waals surface area (Å²) in [5, 5.41) is 0. The van der Waals surface area contributed by atoms with Crippen molar-refractivity contribution in [2.45, 2.75) is 0 Å². The van der Waals surface area contributed by atoms with Gasteiger partial charge in [-0.25, -0.2) is 0 Å². The van der Waals surface area contributed by atoms with Crippen molar-refractivity contribution >= 4 is 15.5 Å². The fraction of sp³-hybridized carbons (Fsp3) is 0. The summed E-state index contributed by atoms with van der Waals surface area (Å²) in [6, 6.07) is 0. The Labute approximate surface area is 26.1 Å². The molecule has 0 radical (unpaired) electrons. The van der Waals surface area contributed by atoms with Gasteiger partial charge in [-0.05, 0) is 0 Å². The molecule has 0 saturated heterocycles. The third-order valence-corrected chi connectivity index (χ3v) is 0. The third-order valence-electron chi connectivity index (χ3n) is 0. The Balaban J connectivity index is 2.80. The van der Waals surface area contributed by atoms with Crippen molar-refractivity contribution in [2.24, 2.45) is 0 Å². The molecule has 0 aliphatic rings. The maximum atomic E-state index is 9.19. The normalized spacial score (nSPS) is 15.2. The summed E-state index contributed by atoms with van der Waals surface area (Å²) < 4.78 is 9.19. The molecule has 0 amide bonds. The Morgan fingerprint density at radius 1 is 2.00 bits per heavy atom. The zero-order chi connectivity index (χ0) is 3.58. The molecule has 1 unspecified atom stereocenters. The monoisotopic (exact) mass is 78.0 g/mol. The summed E-state index contributed by atoms with van der Waals surface area (Å²) in [6.45, 7) is 0. The van der Waals surface area contributed by atoms with E-state index in [9.17, 15) is 4.57 Å². The zero-order valence-electron chi connectivity index (χ0n) is 2.36. The third kappa shape index (κ3) is 54.6. The van der Waals surface area contributed by atoms with E-state index >= 15 is 0 Å². The van der Waals surface area contributed by atoms with Crippen LogP contribution >= 0.6 is 7.91 Å². The first kappa shape index (κ1) is 4.25. The topological polar surface area (TPSA) is 37.3 Å². The van der Waals surface area contributed by atoms with Gasteiger partial charge in [0.05, 0.1) is 0 Å². The molecule has 0 heterocycles. The highest BCUT2D eigenvalue weighted by molar-refractivity contribution is 7.66. The minimum atomic E-state index is -2.13. The molecule has 4 heteroatoms. The molecule has 1 atom stereocenters. The van der Waals surface area contributed by atoms with Gasteiger partial charge in [0, 0.05) is 0 Å². The fourth-order valence-electron chi connectivity index (χ4n) is 0. The molecule has 0 saturated carbocycles. The summed E-state index contributed by atoms with van der Waals surface area (Å²) in [5.74, 6) is 0. The summed E-state index contributed by atoms with van der Waals surface area (Å²) in [6.07, 6.45) is 0. The van der Waals surface area contributed by atoms with Gasteiger partial charge in [-0.15, -0.1) is 0 Å². The molecule has 24 valence electrons. The Bertz CT molecular complexity index is 29.0. The van der Waals surface area contributed by atoms with Crippen molar-refractivity contribution in [3.63, 3.8) is 0 Å². The van der Waals surface area contributed by atoms with E-state index in [4.69, 9.17) is 4.89 Å². The average molecular weight is 77.8 g/mol. The predicted octanol–water partition coefficient (Wildman–Crippen LogP) is -0.999. The highest BCUT2D eigenvalue weighted by Gasteiger charge is 1.62. The SMILES string of the molecule is B[PH](=O)O. The first-order chi connectivity index (χ1) is 1.73. The van der Waals surface area contributed by atoms with Crippen LogP contribution in [0.5, 0.6) is 0 Å². The van der Waals surface area contributed by atoms with E-state index in [0.29, 0.717) is 0 Å². The van der Waals surface area contributed by atoms with Crippen molar-refractivity contribution in [3.05, 3.63) is 0 Å². The zero-order valence-corrected chi connectivity index (χ0v) is 3.36. The average Bonchev–Trinajstić information content (AvgIpc) is 0.811. The molecule has 0 aromatic heterocycles. The fourth-order valence-corrected chi connectivity index (χ4v) is 0. The van der Waals surface area contributed by atoms with E-state index in [-0.39, 0.29) is 0 Å². The molecule has 2 nitrogen and oxygen atoms in total. The number of hydrogen-bond donors (Lipinski definition) is 1. The largest absolute Gasteiger partial charge is 0.354 e. The molecule has 1 N–H and O–H groups in total. The molecular formula is H4BO2P. The van der Waals surface area contributed by atoms with Gasteiger partial charge in [0.1, 0.15) is 7.91 Å². The van der Waals surface area contributed by atoms with Crippen LogP contribution in [0.2, 0.25) is 0 Å². The van der Waals surface area contributed by atoms with Gasteiger partial charge in [-0.1, -0.05) is 0 Å². The van der Waals surface area contributed by atoms with Gasteiger partial charge >= 0.3 is 0 Å². The van der Waals surface area contributed by atoms with Crippen LogP contribution in [-0.4, -0.2) is 12.5 Å². The van der Waals surface area contributed by atoms with Gasteiger partial charge in [0.25, 0.3) is 0 Å². The quantitative estimate of drug-likeness (QED) is 0.298. The Kier molecular flexibility index (Phi) is 1.66. The van der Waals surface area contributed by atoms with E-state index < -0.39 is 7.91 Å². The molecule has 0 aliphatic heterocycles. The highest BCUT2D eigenvalue weighted by Crippen LogP contribution is 1.97. The molecule has 0 aromatic carbocycles. The molecule has 4 heavy (non-hydrogen) atoms. The lowest BCUT2D eigenvalue weighted by molar-refractivity contribution is 0.518. The second kappa shape index (κ2) is 1.56. The molecule has 0 aromatic rings. The smallest absolute Gasteiger partial charge is 0.212 e. The summed E-state index contributed by atoms with van der Waals surface area (Å²) in [5.41, 5.74) is 0. The van der Waals surface area contributed by atoms with Crippen LogP contribution in [0, 0.1) is 0 Å². The number of hydrogen-bond acceptors (Lipinski definition) is 1. The predicted molar refractivity (Wildman–Crippen MR) is 19.8 cm³/mol. The molecule has 0 bridgehead atoms. The Hall–Kier alpha value is 0.255. The molecular weight excluding hydrogens is 73.8 g/mol. The van der Waals surface area contributed by atoms with Crippen LogP contribution in [0.3, 0.4) is 0 Å². The van der Waals surface area contributed by atoms with Crippen molar-refractivity contribution in [1.29, 1.82) is 0 Å². The first-order valence-corrected chi connectivity index (χ1v) is 2.78. The van der Waals surface area contributed by atoms with Crippen LogP contribution < -0.4 is 0 Å². The van der Waals surface area contributed by atoms with Crippen LogP contribution in [0.15, 0.2) is 0 Å². The first-order valence-electron chi connectivity index (χ1n) is 0.928. The molecule has 0 rings (SSSR count). The van der Waals surface area contributed by atoms with Crippen molar-refractivity contribution in [2.75, 3.05) is 0 Å². The van der Waals surface area contributed by atoms with E-state index in [1.807, 2.05) is 0 Å². The van der Waals surface area contributed by atoms with Crippen LogP contribution in [0.25, 0.3) is 0 Å². The van der Waals surface area contributed by atoms with E-state index in [1.165, 1.54) is 7.57 Å².